The fourth-order valence-corrected chi connectivity index (χ4v) is 9.65. The van der Waals surface area contributed by atoms with Gasteiger partial charge < -0.3 is 0 Å². The van der Waals surface area contributed by atoms with Gasteiger partial charge in [-0.05, 0) is 74.2 Å². The van der Waals surface area contributed by atoms with Gasteiger partial charge in [0.25, 0.3) is 0 Å². The fraction of sp³-hybridized carbons (Fsp3) is 0. The van der Waals surface area contributed by atoms with Crippen LogP contribution in [0.25, 0.3) is 95.6 Å². The maximum atomic E-state index is 2.47. The van der Waals surface area contributed by atoms with E-state index in [9.17, 15) is 0 Å². The first kappa shape index (κ1) is 22.9. The van der Waals surface area contributed by atoms with Crippen molar-refractivity contribution < 1.29 is 0 Å². The third-order valence-electron chi connectivity index (χ3n) is 9.03. The van der Waals surface area contributed by atoms with Crippen molar-refractivity contribution >= 4 is 73.8 Å². The van der Waals surface area contributed by atoms with E-state index in [1.54, 1.807) is 0 Å². The van der Waals surface area contributed by atoms with Gasteiger partial charge in [-0.3, -0.25) is 0 Å². The van der Waals surface area contributed by atoms with Crippen LogP contribution in [0.2, 0.25) is 0 Å². The van der Waals surface area contributed by atoms with Crippen molar-refractivity contribution in [2.24, 2.45) is 0 Å². The molecule has 0 atom stereocenters. The number of fused-ring (bicyclic) bond motifs is 1. The molecule has 0 unspecified atom stereocenters. The highest BCUT2D eigenvalue weighted by Crippen LogP contribution is 2.54. The van der Waals surface area contributed by atoms with E-state index < -0.39 is 0 Å². The molecule has 194 valence electrons. The average molecular weight is 567 g/mol. The second-order valence-corrected chi connectivity index (χ2v) is 13.3. The van der Waals surface area contributed by atoms with Crippen LogP contribution >= 0.6 is 22.7 Å². The van der Waals surface area contributed by atoms with Gasteiger partial charge in [-0.2, -0.15) is 0 Å². The lowest BCUT2D eigenvalue weighted by Gasteiger charge is -2.17. The minimum Gasteiger partial charge on any atom is -0.135 e. The lowest BCUT2D eigenvalue weighted by atomic mass is 9.87. The largest absolute Gasteiger partial charge is 0.135 e. The van der Waals surface area contributed by atoms with Gasteiger partial charge in [0, 0.05) is 45.7 Å². The van der Waals surface area contributed by atoms with E-state index in [0.717, 1.165) is 0 Å². The highest BCUT2D eigenvalue weighted by molar-refractivity contribution is 7.27. The van der Waals surface area contributed by atoms with Crippen molar-refractivity contribution in [2.75, 3.05) is 0 Å². The van der Waals surface area contributed by atoms with Crippen LogP contribution in [0.15, 0.2) is 133 Å². The molecule has 9 aromatic rings. The lowest BCUT2D eigenvalue weighted by Crippen LogP contribution is -1.90. The van der Waals surface area contributed by atoms with E-state index in [0.29, 0.717) is 0 Å². The molecule has 0 spiro atoms. The summed E-state index contributed by atoms with van der Waals surface area (Å²) in [4.78, 5) is 0. The molecule has 0 bridgehead atoms. The van der Waals surface area contributed by atoms with Gasteiger partial charge in [0.1, 0.15) is 0 Å². The smallest absolute Gasteiger partial charge is 0.0368 e. The third-order valence-corrected chi connectivity index (χ3v) is 11.3. The van der Waals surface area contributed by atoms with Crippen LogP contribution < -0.4 is 0 Å². The molecule has 0 N–H and O–H groups in total. The summed E-state index contributed by atoms with van der Waals surface area (Å²) in [6.45, 7) is 0. The number of thiophene rings is 2. The molecular weight excluding hydrogens is 545 g/mol. The van der Waals surface area contributed by atoms with E-state index in [1.165, 1.54) is 95.6 Å². The summed E-state index contributed by atoms with van der Waals surface area (Å²) in [6.07, 6.45) is 0. The molecule has 2 heterocycles. The number of hydrogen-bond donors (Lipinski definition) is 0. The monoisotopic (exact) mass is 566 g/mol. The van der Waals surface area contributed by atoms with Crippen LogP contribution in [-0.2, 0) is 0 Å². The van der Waals surface area contributed by atoms with Crippen LogP contribution in [-0.4, -0.2) is 0 Å². The lowest BCUT2D eigenvalue weighted by molar-refractivity contribution is 1.58. The first-order valence-corrected chi connectivity index (χ1v) is 16.0. The molecule has 0 amide bonds. The van der Waals surface area contributed by atoms with Gasteiger partial charge in [-0.25, -0.2) is 0 Å². The fourth-order valence-electron chi connectivity index (χ4n) is 7.33. The quantitative estimate of drug-likeness (QED) is 0.199. The Labute approximate surface area is 250 Å². The molecule has 0 saturated heterocycles. The SMILES string of the molecule is c1ccc(-c2ccccc2-c2ccccc2-c2cc3sc4cccc5c4c3c3c2ccc2sc4cccc-5c4c23)cc1. The summed E-state index contributed by atoms with van der Waals surface area (Å²) in [5.74, 6) is 0. The summed E-state index contributed by atoms with van der Waals surface area (Å²) < 4.78 is 5.48. The van der Waals surface area contributed by atoms with Crippen LogP contribution in [0.5, 0.6) is 0 Å². The molecule has 1 aliphatic carbocycles. The first-order chi connectivity index (χ1) is 20.8. The highest BCUT2D eigenvalue weighted by atomic mass is 32.1. The molecule has 7 aromatic carbocycles. The van der Waals surface area contributed by atoms with Crippen LogP contribution in [0.4, 0.5) is 0 Å². The minimum absolute atomic E-state index is 1.24. The minimum atomic E-state index is 1.24. The topological polar surface area (TPSA) is 0 Å². The normalized spacial score (nSPS) is 12.3. The Hall–Kier alpha value is -4.76. The number of hydrogen-bond acceptors (Lipinski definition) is 2. The van der Waals surface area contributed by atoms with Crippen LogP contribution in [0, 0.1) is 0 Å². The standard InChI is InChI=1S/C40H22S2/c1-2-10-23(11-3-1)24-12-4-5-13-25(24)26-14-6-7-15-27(26)31-22-35-40-37-29(17-9-19-33(37)42-35)28-16-8-18-32-36(28)39-34(41-32)21-20-30(31)38(39)40/h1-22H. The zero-order valence-electron chi connectivity index (χ0n) is 22.5. The second-order valence-electron chi connectivity index (χ2n) is 11.2. The molecule has 0 aliphatic heterocycles. The van der Waals surface area contributed by atoms with Gasteiger partial charge in [0.2, 0.25) is 0 Å². The third kappa shape index (κ3) is 2.96. The molecule has 0 radical (unpaired) electrons. The maximum Gasteiger partial charge on any atom is 0.0368 e. The molecule has 1 aliphatic rings. The summed E-state index contributed by atoms with van der Waals surface area (Å²) >= 11 is 3.86. The second kappa shape index (κ2) is 8.39. The van der Waals surface area contributed by atoms with E-state index in [2.05, 4.69) is 133 Å². The van der Waals surface area contributed by atoms with Gasteiger partial charge >= 0.3 is 0 Å². The summed E-state index contributed by atoms with van der Waals surface area (Å²) in [5.41, 5.74) is 10.4. The molecule has 2 aromatic heterocycles. The summed E-state index contributed by atoms with van der Waals surface area (Å²) in [6, 6.07) is 49.5. The van der Waals surface area contributed by atoms with Crippen LogP contribution in [0.3, 0.4) is 0 Å². The van der Waals surface area contributed by atoms with Gasteiger partial charge in [0.15, 0.2) is 0 Å². The van der Waals surface area contributed by atoms with E-state index in [4.69, 9.17) is 0 Å². The number of rotatable bonds is 3. The van der Waals surface area contributed by atoms with Crippen molar-refractivity contribution in [3.63, 3.8) is 0 Å². The Kier molecular flexibility index (Phi) is 4.57. The Bertz CT molecular complexity index is 2540. The van der Waals surface area contributed by atoms with E-state index >= 15 is 0 Å². The molecule has 10 rings (SSSR count). The van der Waals surface area contributed by atoms with Gasteiger partial charge in [-0.1, -0.05) is 109 Å². The molecule has 0 saturated carbocycles. The van der Waals surface area contributed by atoms with Crippen molar-refractivity contribution in [1.29, 1.82) is 0 Å². The van der Waals surface area contributed by atoms with Crippen molar-refractivity contribution in [3.05, 3.63) is 133 Å². The zero-order valence-corrected chi connectivity index (χ0v) is 24.2. The van der Waals surface area contributed by atoms with Gasteiger partial charge in [-0.15, -0.1) is 22.7 Å². The Balaban J connectivity index is 1.38. The molecular formula is C40H22S2. The Morgan fingerprint density at radius 2 is 0.786 bits per heavy atom. The van der Waals surface area contributed by atoms with E-state index in [1.807, 2.05) is 22.7 Å². The van der Waals surface area contributed by atoms with Crippen molar-refractivity contribution in [3.8, 4) is 44.5 Å². The van der Waals surface area contributed by atoms with Gasteiger partial charge in [0.05, 0.1) is 0 Å². The number of benzene rings is 7. The Morgan fingerprint density at radius 3 is 1.48 bits per heavy atom. The molecule has 2 heteroatoms. The van der Waals surface area contributed by atoms with E-state index in [-0.39, 0.29) is 0 Å². The average Bonchev–Trinajstić information content (AvgIpc) is 3.59. The molecule has 42 heavy (non-hydrogen) atoms. The van der Waals surface area contributed by atoms with Crippen molar-refractivity contribution in [1.82, 2.24) is 0 Å². The highest BCUT2D eigenvalue weighted by Gasteiger charge is 2.25. The summed E-state index contributed by atoms with van der Waals surface area (Å²) in [5, 5.41) is 8.43. The summed E-state index contributed by atoms with van der Waals surface area (Å²) in [7, 11) is 0. The van der Waals surface area contributed by atoms with Crippen LogP contribution in [0.1, 0.15) is 0 Å². The Morgan fingerprint density at radius 1 is 0.286 bits per heavy atom. The first-order valence-electron chi connectivity index (χ1n) is 14.4. The predicted octanol–water partition coefficient (Wildman–Crippen LogP) is 12.6. The molecule has 0 fully saturated rings. The van der Waals surface area contributed by atoms with Crippen molar-refractivity contribution in [2.45, 2.75) is 0 Å². The maximum absolute atomic E-state index is 2.47. The predicted molar refractivity (Wildman–Crippen MR) is 185 cm³/mol. The molecule has 0 nitrogen and oxygen atoms in total. The zero-order chi connectivity index (χ0) is 27.4.